The van der Waals surface area contributed by atoms with Crippen LogP contribution in [0.3, 0.4) is 0 Å². The largest absolute Gasteiger partial charge is 0.394 e. The lowest BCUT2D eigenvalue weighted by Gasteiger charge is -2.38. The SMILES string of the molecule is COCC(CC(C)C)C(OC)(OCCO)OCCO. The van der Waals surface area contributed by atoms with Crippen molar-refractivity contribution in [2.75, 3.05) is 47.3 Å². The molecule has 0 radical (unpaired) electrons. The van der Waals surface area contributed by atoms with Gasteiger partial charge in [0.15, 0.2) is 0 Å². The number of ether oxygens (including phenoxy) is 4. The van der Waals surface area contributed by atoms with E-state index < -0.39 is 5.97 Å². The molecule has 0 aliphatic rings. The van der Waals surface area contributed by atoms with Gasteiger partial charge in [-0.1, -0.05) is 13.8 Å². The molecule has 0 saturated carbocycles. The second kappa shape index (κ2) is 10.5. The Morgan fingerprint density at radius 3 is 1.84 bits per heavy atom. The van der Waals surface area contributed by atoms with Crippen molar-refractivity contribution in [3.8, 4) is 0 Å². The van der Waals surface area contributed by atoms with Gasteiger partial charge < -0.3 is 29.2 Å². The molecule has 6 heteroatoms. The lowest BCUT2D eigenvalue weighted by molar-refractivity contribution is -0.403. The maximum atomic E-state index is 8.93. The molecule has 1 unspecified atom stereocenters. The monoisotopic (exact) mass is 280 g/mol. The Labute approximate surface area is 115 Å². The molecule has 0 aromatic rings. The predicted molar refractivity (Wildman–Crippen MR) is 70.6 cm³/mol. The zero-order valence-corrected chi connectivity index (χ0v) is 12.4. The van der Waals surface area contributed by atoms with Gasteiger partial charge in [-0.2, -0.15) is 0 Å². The molecular formula is C13H28O6. The van der Waals surface area contributed by atoms with Crippen molar-refractivity contribution < 1.29 is 29.2 Å². The quantitative estimate of drug-likeness (QED) is 0.510. The predicted octanol–water partition coefficient (Wildman–Crippen LogP) is 0.613. The van der Waals surface area contributed by atoms with E-state index in [-0.39, 0.29) is 32.3 Å². The lowest BCUT2D eigenvalue weighted by atomic mass is 9.95. The summed E-state index contributed by atoms with van der Waals surface area (Å²) < 4.78 is 21.7. The molecule has 0 heterocycles. The summed E-state index contributed by atoms with van der Waals surface area (Å²) in [6.45, 7) is 4.50. The highest BCUT2D eigenvalue weighted by molar-refractivity contribution is 4.73. The topological polar surface area (TPSA) is 77.4 Å². The van der Waals surface area contributed by atoms with Crippen LogP contribution in [-0.2, 0) is 18.9 Å². The van der Waals surface area contributed by atoms with Crippen LogP contribution >= 0.6 is 0 Å². The van der Waals surface area contributed by atoms with Gasteiger partial charge in [-0.3, -0.25) is 0 Å². The molecule has 0 aromatic heterocycles. The third kappa shape index (κ3) is 6.65. The Bertz CT molecular complexity index is 201. The zero-order chi connectivity index (χ0) is 14.7. The zero-order valence-electron chi connectivity index (χ0n) is 12.4. The molecule has 2 N–H and O–H groups in total. The van der Waals surface area contributed by atoms with E-state index >= 15 is 0 Å². The van der Waals surface area contributed by atoms with Gasteiger partial charge in [-0.15, -0.1) is 0 Å². The lowest BCUT2D eigenvalue weighted by Crippen LogP contribution is -2.49. The van der Waals surface area contributed by atoms with Crippen molar-refractivity contribution in [1.82, 2.24) is 0 Å². The van der Waals surface area contributed by atoms with E-state index in [1.807, 2.05) is 0 Å². The highest BCUT2D eigenvalue weighted by Crippen LogP contribution is 2.30. The van der Waals surface area contributed by atoms with Crippen LogP contribution in [0.5, 0.6) is 0 Å². The van der Waals surface area contributed by atoms with Gasteiger partial charge in [0.05, 0.1) is 39.0 Å². The van der Waals surface area contributed by atoms with Crippen LogP contribution in [0.4, 0.5) is 0 Å². The minimum absolute atomic E-state index is 0.0948. The molecule has 6 nitrogen and oxygen atoms in total. The molecule has 0 aliphatic carbocycles. The molecule has 0 amide bonds. The van der Waals surface area contributed by atoms with E-state index in [2.05, 4.69) is 13.8 Å². The molecular weight excluding hydrogens is 252 g/mol. The fraction of sp³-hybridized carbons (Fsp3) is 1.00. The maximum absolute atomic E-state index is 8.93. The Morgan fingerprint density at radius 2 is 1.53 bits per heavy atom. The molecule has 0 fully saturated rings. The summed E-state index contributed by atoms with van der Waals surface area (Å²) >= 11 is 0. The van der Waals surface area contributed by atoms with Crippen molar-refractivity contribution in [2.24, 2.45) is 11.8 Å². The molecule has 0 rings (SSSR count). The second-order valence-electron chi connectivity index (χ2n) is 4.73. The van der Waals surface area contributed by atoms with Gasteiger partial charge in [0.2, 0.25) is 0 Å². The van der Waals surface area contributed by atoms with Crippen LogP contribution in [0.25, 0.3) is 0 Å². The maximum Gasteiger partial charge on any atom is 0.288 e. The number of methoxy groups -OCH3 is 2. The van der Waals surface area contributed by atoms with E-state index in [4.69, 9.17) is 29.2 Å². The van der Waals surface area contributed by atoms with Gasteiger partial charge in [0, 0.05) is 14.2 Å². The Hall–Kier alpha value is -0.240. The normalized spacial score (nSPS) is 14.1. The summed E-state index contributed by atoms with van der Waals surface area (Å²) in [7, 11) is 3.09. The van der Waals surface area contributed by atoms with Crippen LogP contribution in [0.2, 0.25) is 0 Å². The first kappa shape index (κ1) is 18.8. The summed E-state index contributed by atoms with van der Waals surface area (Å²) in [5.41, 5.74) is 0. The average Bonchev–Trinajstić information content (AvgIpc) is 2.39. The third-order valence-electron chi connectivity index (χ3n) is 2.70. The van der Waals surface area contributed by atoms with Gasteiger partial charge in [0.25, 0.3) is 5.97 Å². The van der Waals surface area contributed by atoms with Crippen LogP contribution in [0.1, 0.15) is 20.3 Å². The van der Waals surface area contributed by atoms with Crippen molar-refractivity contribution in [3.05, 3.63) is 0 Å². The Morgan fingerprint density at radius 1 is 1.00 bits per heavy atom. The van der Waals surface area contributed by atoms with E-state index in [0.29, 0.717) is 12.5 Å². The van der Waals surface area contributed by atoms with Crippen LogP contribution in [0, 0.1) is 11.8 Å². The van der Waals surface area contributed by atoms with Gasteiger partial charge in [-0.05, 0) is 12.3 Å². The molecule has 116 valence electrons. The summed E-state index contributed by atoms with van der Waals surface area (Å²) in [4.78, 5) is 0. The minimum atomic E-state index is -1.30. The van der Waals surface area contributed by atoms with Crippen LogP contribution in [-0.4, -0.2) is 63.4 Å². The van der Waals surface area contributed by atoms with Crippen molar-refractivity contribution in [3.63, 3.8) is 0 Å². The van der Waals surface area contributed by atoms with Crippen LogP contribution < -0.4 is 0 Å². The summed E-state index contributed by atoms with van der Waals surface area (Å²) in [6.07, 6.45) is 0.776. The van der Waals surface area contributed by atoms with Gasteiger partial charge in [0.1, 0.15) is 0 Å². The van der Waals surface area contributed by atoms with Gasteiger partial charge >= 0.3 is 0 Å². The minimum Gasteiger partial charge on any atom is -0.394 e. The second-order valence-corrected chi connectivity index (χ2v) is 4.73. The first-order chi connectivity index (χ1) is 9.06. The highest BCUT2D eigenvalue weighted by atomic mass is 16.9. The Balaban J connectivity index is 4.95. The fourth-order valence-corrected chi connectivity index (χ4v) is 2.02. The van der Waals surface area contributed by atoms with Crippen molar-refractivity contribution >= 4 is 0 Å². The number of hydrogen-bond donors (Lipinski definition) is 2. The first-order valence-electron chi connectivity index (χ1n) is 6.60. The summed E-state index contributed by atoms with van der Waals surface area (Å²) in [5.74, 6) is -1.04. The van der Waals surface area contributed by atoms with Crippen molar-refractivity contribution in [2.45, 2.75) is 26.2 Å². The number of aliphatic hydroxyl groups excluding tert-OH is 2. The first-order valence-corrected chi connectivity index (χ1v) is 6.60. The molecule has 0 aliphatic heterocycles. The highest BCUT2D eigenvalue weighted by Gasteiger charge is 2.42. The van der Waals surface area contributed by atoms with Crippen molar-refractivity contribution in [1.29, 1.82) is 0 Å². The van der Waals surface area contributed by atoms with Crippen LogP contribution in [0.15, 0.2) is 0 Å². The number of aliphatic hydroxyl groups is 2. The third-order valence-corrected chi connectivity index (χ3v) is 2.70. The smallest absolute Gasteiger partial charge is 0.288 e. The average molecular weight is 280 g/mol. The number of hydrogen-bond acceptors (Lipinski definition) is 6. The van der Waals surface area contributed by atoms with E-state index in [9.17, 15) is 0 Å². The summed E-state index contributed by atoms with van der Waals surface area (Å²) in [6, 6.07) is 0. The Kier molecular flexibility index (Phi) is 10.4. The van der Waals surface area contributed by atoms with Gasteiger partial charge in [-0.25, -0.2) is 0 Å². The van der Waals surface area contributed by atoms with E-state index in [0.717, 1.165) is 6.42 Å². The molecule has 19 heavy (non-hydrogen) atoms. The molecule has 0 spiro atoms. The molecule has 0 aromatic carbocycles. The van der Waals surface area contributed by atoms with E-state index in [1.54, 1.807) is 7.11 Å². The molecule has 0 bridgehead atoms. The fourth-order valence-electron chi connectivity index (χ4n) is 2.02. The molecule has 0 saturated heterocycles. The number of rotatable bonds is 12. The standard InChI is InChI=1S/C13H28O6/c1-11(2)9-12(10-16-3)13(17-4,18-7-5-14)19-8-6-15/h11-12,14-15H,5-10H2,1-4H3. The van der Waals surface area contributed by atoms with E-state index in [1.165, 1.54) is 7.11 Å². The molecule has 1 atom stereocenters. The summed E-state index contributed by atoms with van der Waals surface area (Å²) in [5, 5.41) is 17.9.